The van der Waals surface area contributed by atoms with Gasteiger partial charge in [0.25, 0.3) is 0 Å². The molecule has 0 aliphatic heterocycles. The predicted molar refractivity (Wildman–Crippen MR) is 161 cm³/mol. The Bertz CT molecular complexity index is 817. The van der Waals surface area contributed by atoms with E-state index in [-0.39, 0.29) is 97.6 Å². The summed E-state index contributed by atoms with van der Waals surface area (Å²) in [4.78, 5) is 66.2. The van der Waals surface area contributed by atoms with Crippen molar-refractivity contribution in [1.29, 1.82) is 0 Å². The molecule has 0 amide bonds. The van der Waals surface area contributed by atoms with Crippen molar-refractivity contribution in [2.75, 3.05) is 0 Å². The second-order valence-electron chi connectivity index (χ2n) is 10.5. The molecule has 0 bridgehead atoms. The van der Waals surface area contributed by atoms with E-state index in [0.29, 0.717) is 12.8 Å². The smallest absolute Gasteiger partial charge is 0.550 e. The Morgan fingerprint density at radius 1 is 0.522 bits per heavy atom. The SMILES string of the molecule is C=CCCCCCCCCC(=O)OC(=O)[C@@H](N)CCC(=O)[O-].C=CCCCCCCCCC(=O)OC(=O)[C@@H](N)CCC(=O)[O-].[Na+].[Na+]. The summed E-state index contributed by atoms with van der Waals surface area (Å²) in [7, 11) is 0. The standard InChI is InChI=1S/2C16H27NO5.2Na/c2*1-2-3-4-5-6-7-8-9-10-15(20)22-16(21)13(17)11-12-14(18)19;;/h2*2,13H,1,3-12,17H2,(H,18,19);;/q;;2*+1/p-2/t2*13-;;/m00../s1. The third-order valence-electron chi connectivity index (χ3n) is 6.43. The first kappa shape index (κ1) is 51.5. The van der Waals surface area contributed by atoms with Gasteiger partial charge in [-0.1, -0.05) is 63.5 Å². The van der Waals surface area contributed by atoms with Crippen molar-refractivity contribution in [3.63, 3.8) is 0 Å². The van der Waals surface area contributed by atoms with Crippen LogP contribution in [0.4, 0.5) is 0 Å². The van der Waals surface area contributed by atoms with Gasteiger partial charge < -0.3 is 40.7 Å². The van der Waals surface area contributed by atoms with Crippen LogP contribution in [0.15, 0.2) is 25.3 Å². The van der Waals surface area contributed by atoms with Crippen LogP contribution in [0, 0.1) is 0 Å². The zero-order valence-corrected chi connectivity index (χ0v) is 32.1. The van der Waals surface area contributed by atoms with E-state index in [9.17, 15) is 39.0 Å². The first-order valence-corrected chi connectivity index (χ1v) is 15.6. The number of hydrogen-bond acceptors (Lipinski definition) is 12. The van der Waals surface area contributed by atoms with Gasteiger partial charge in [-0.2, -0.15) is 0 Å². The molecule has 14 heteroatoms. The maximum atomic E-state index is 11.4. The summed E-state index contributed by atoms with van der Waals surface area (Å²) >= 11 is 0. The number of carbonyl (C=O) groups is 6. The van der Waals surface area contributed by atoms with E-state index in [1.807, 2.05) is 12.2 Å². The molecular formula is C32H52N2Na2O10. The molecule has 0 unspecified atom stereocenters. The van der Waals surface area contributed by atoms with E-state index in [4.69, 9.17) is 11.5 Å². The van der Waals surface area contributed by atoms with Crippen LogP contribution < -0.4 is 80.8 Å². The number of carbonyl (C=O) groups excluding carboxylic acids is 6. The molecule has 46 heavy (non-hydrogen) atoms. The maximum Gasteiger partial charge on any atom is 1.00 e. The Balaban J connectivity index is -0.000000367. The van der Waals surface area contributed by atoms with E-state index in [1.165, 1.54) is 0 Å². The molecule has 0 rings (SSSR count). The molecule has 12 nitrogen and oxygen atoms in total. The van der Waals surface area contributed by atoms with Gasteiger partial charge in [0, 0.05) is 24.8 Å². The van der Waals surface area contributed by atoms with Gasteiger partial charge in [-0.15, -0.1) is 13.2 Å². The van der Waals surface area contributed by atoms with Gasteiger partial charge in [0.05, 0.1) is 0 Å². The van der Waals surface area contributed by atoms with Crippen molar-refractivity contribution >= 4 is 35.8 Å². The third kappa shape index (κ3) is 37.1. The zero-order chi connectivity index (χ0) is 33.6. The van der Waals surface area contributed by atoms with Crippen molar-refractivity contribution in [3.05, 3.63) is 25.3 Å². The average Bonchev–Trinajstić information content (AvgIpc) is 2.97. The topological polar surface area (TPSA) is 219 Å². The molecule has 0 aromatic rings. The molecule has 0 aromatic heterocycles. The van der Waals surface area contributed by atoms with Gasteiger partial charge in [0.15, 0.2) is 0 Å². The number of hydrogen-bond donors (Lipinski definition) is 2. The van der Waals surface area contributed by atoms with Crippen molar-refractivity contribution < 1.29 is 108 Å². The van der Waals surface area contributed by atoms with Gasteiger partial charge in [-0.3, -0.25) is 9.59 Å². The molecule has 0 saturated carbocycles. The number of unbranched alkanes of at least 4 members (excludes halogenated alkanes) is 12. The van der Waals surface area contributed by atoms with Crippen LogP contribution >= 0.6 is 0 Å². The monoisotopic (exact) mass is 670 g/mol. The summed E-state index contributed by atoms with van der Waals surface area (Å²) < 4.78 is 9.15. The minimum absolute atomic E-state index is 0. The molecule has 2 atom stereocenters. The maximum absolute atomic E-state index is 11.4. The van der Waals surface area contributed by atoms with Gasteiger partial charge in [0.1, 0.15) is 12.1 Å². The number of nitrogens with two attached hydrogens (primary N) is 2. The number of ether oxygens (including phenoxy) is 2. The molecule has 0 radical (unpaired) electrons. The number of aliphatic carboxylic acids is 2. The summed E-state index contributed by atoms with van der Waals surface area (Å²) in [6.45, 7) is 7.33. The van der Waals surface area contributed by atoms with Gasteiger partial charge in [0.2, 0.25) is 0 Å². The van der Waals surface area contributed by atoms with Crippen molar-refractivity contribution in [2.24, 2.45) is 11.5 Å². The number of rotatable bonds is 26. The normalized spacial score (nSPS) is 11.2. The van der Waals surface area contributed by atoms with Gasteiger partial charge in [-0.05, 0) is 64.2 Å². The van der Waals surface area contributed by atoms with Crippen LogP contribution in [-0.2, 0) is 38.2 Å². The number of carboxylic acids is 2. The van der Waals surface area contributed by atoms with Crippen molar-refractivity contribution in [2.45, 2.75) is 141 Å². The average molecular weight is 671 g/mol. The number of esters is 4. The molecule has 0 fully saturated rings. The Labute approximate surface area is 318 Å². The number of carboxylic acid groups (broad SMARTS) is 2. The quantitative estimate of drug-likeness (QED) is 0.0301. The zero-order valence-electron chi connectivity index (χ0n) is 28.1. The summed E-state index contributed by atoms with van der Waals surface area (Å²) in [5.74, 6) is -5.56. The molecule has 0 aromatic carbocycles. The van der Waals surface area contributed by atoms with Crippen molar-refractivity contribution in [3.8, 4) is 0 Å². The Morgan fingerprint density at radius 2 is 0.804 bits per heavy atom. The molecule has 4 N–H and O–H groups in total. The van der Waals surface area contributed by atoms with Gasteiger partial charge in [-0.25, -0.2) is 9.59 Å². The fraction of sp³-hybridized carbons (Fsp3) is 0.688. The van der Waals surface area contributed by atoms with E-state index in [0.717, 1.165) is 77.0 Å². The van der Waals surface area contributed by atoms with Gasteiger partial charge >= 0.3 is 83.0 Å². The van der Waals surface area contributed by atoms with Crippen LogP contribution in [0.2, 0.25) is 0 Å². The summed E-state index contributed by atoms with van der Waals surface area (Å²) in [5.41, 5.74) is 10.8. The second kappa shape index (κ2) is 36.5. The molecule has 0 aliphatic carbocycles. The minimum atomic E-state index is -1.29. The van der Waals surface area contributed by atoms with E-state index < -0.39 is 47.9 Å². The number of allylic oxidation sites excluding steroid dienone is 2. The van der Waals surface area contributed by atoms with E-state index in [2.05, 4.69) is 22.6 Å². The Hall–Kier alpha value is -1.38. The Kier molecular flexibility index (Phi) is 40.8. The molecule has 252 valence electrons. The van der Waals surface area contributed by atoms with Crippen LogP contribution in [-0.4, -0.2) is 47.9 Å². The molecule has 0 spiro atoms. The van der Waals surface area contributed by atoms with Crippen LogP contribution in [0.3, 0.4) is 0 Å². The van der Waals surface area contributed by atoms with Crippen LogP contribution in [0.1, 0.15) is 128 Å². The predicted octanol–water partition coefficient (Wildman–Crippen LogP) is -3.55. The molecule has 0 saturated heterocycles. The summed E-state index contributed by atoms with van der Waals surface area (Å²) in [6, 6.07) is -2.21. The first-order valence-electron chi connectivity index (χ1n) is 15.6. The fourth-order valence-corrected chi connectivity index (χ4v) is 3.79. The second-order valence-corrected chi connectivity index (χ2v) is 10.5. The van der Waals surface area contributed by atoms with Crippen LogP contribution in [0.25, 0.3) is 0 Å². The fourth-order valence-electron chi connectivity index (χ4n) is 3.79. The van der Waals surface area contributed by atoms with Crippen molar-refractivity contribution in [1.82, 2.24) is 0 Å². The molecule has 0 aliphatic rings. The molecular weight excluding hydrogens is 618 g/mol. The minimum Gasteiger partial charge on any atom is -0.550 e. The van der Waals surface area contributed by atoms with E-state index in [1.54, 1.807) is 0 Å². The Morgan fingerprint density at radius 3 is 1.09 bits per heavy atom. The van der Waals surface area contributed by atoms with E-state index >= 15 is 0 Å². The first-order chi connectivity index (χ1) is 20.9. The molecule has 0 heterocycles. The van der Waals surface area contributed by atoms with Crippen LogP contribution in [0.5, 0.6) is 0 Å². The largest absolute Gasteiger partial charge is 1.00 e. The summed E-state index contributed by atoms with van der Waals surface area (Å²) in [5, 5.41) is 20.5. The summed E-state index contributed by atoms with van der Waals surface area (Å²) in [6.07, 6.45) is 17.4. The third-order valence-corrected chi connectivity index (χ3v) is 6.43.